The number of hydrogen-bond donors (Lipinski definition) is 2. The van der Waals surface area contributed by atoms with Gasteiger partial charge in [-0.25, -0.2) is 14.8 Å². The lowest BCUT2D eigenvalue weighted by Gasteiger charge is -2.43. The van der Waals surface area contributed by atoms with E-state index in [2.05, 4.69) is 27.2 Å². The number of carbonyl (C=O) groups is 2. The van der Waals surface area contributed by atoms with E-state index in [9.17, 15) is 9.59 Å². The molecule has 36 heavy (non-hydrogen) atoms. The third-order valence-electron chi connectivity index (χ3n) is 6.51. The third-order valence-corrected chi connectivity index (χ3v) is 7.34. The molecule has 0 saturated heterocycles. The molecule has 2 unspecified atom stereocenters. The zero-order chi connectivity index (χ0) is 25.1. The maximum atomic E-state index is 13.9. The average Bonchev–Trinajstić information content (AvgIpc) is 3.29. The Labute approximate surface area is 214 Å². The smallest absolute Gasteiger partial charge is 0.326 e. The zero-order valence-electron chi connectivity index (χ0n) is 20.2. The largest absolute Gasteiger partial charge is 0.350 e. The summed E-state index contributed by atoms with van der Waals surface area (Å²) in [7, 11) is 0. The first-order valence-electron chi connectivity index (χ1n) is 12.1. The number of hydrogen-bond acceptors (Lipinski definition) is 7. The molecule has 0 radical (unpaired) electrons. The van der Waals surface area contributed by atoms with E-state index in [4.69, 9.17) is 4.98 Å². The standard InChI is InChI=1S/C26H29N7O2S/c1-3-22(34)29-20-10-7-11-21(12-20)33-23-19(14-27-24(30-23)31-25-28-13-17(2)36-25)16-32(26(33)35)15-18-8-5-4-6-9-18/h3-6,8-9,13-14,20-21H,1,7,10-12,15-16H2,2H3,(H,29,34)(H,27,28,30,31). The lowest BCUT2D eigenvalue weighted by atomic mass is 9.89. The SMILES string of the molecule is C=CC(=O)NC1CCCC(N2C(=O)N(Cc3ccccc3)Cc3cnc(Nc4ncc(C)s4)nc32)C1. The van der Waals surface area contributed by atoms with Crippen molar-refractivity contribution in [2.75, 3.05) is 10.2 Å². The quantitative estimate of drug-likeness (QED) is 0.459. The summed E-state index contributed by atoms with van der Waals surface area (Å²) in [6.45, 7) is 6.48. The van der Waals surface area contributed by atoms with Gasteiger partial charge in [0, 0.05) is 41.5 Å². The highest BCUT2D eigenvalue weighted by atomic mass is 32.1. The van der Waals surface area contributed by atoms with E-state index in [1.807, 2.05) is 47.1 Å². The normalized spacial score (nSPS) is 19.5. The van der Waals surface area contributed by atoms with E-state index in [1.54, 1.807) is 12.4 Å². The second-order valence-electron chi connectivity index (χ2n) is 9.17. The van der Waals surface area contributed by atoms with Gasteiger partial charge in [-0.2, -0.15) is 4.98 Å². The van der Waals surface area contributed by atoms with Gasteiger partial charge in [0.05, 0.1) is 6.54 Å². The monoisotopic (exact) mass is 503 g/mol. The van der Waals surface area contributed by atoms with Crippen LogP contribution in [0.3, 0.4) is 0 Å². The molecular formula is C26H29N7O2S. The summed E-state index contributed by atoms with van der Waals surface area (Å²) in [5.74, 6) is 0.838. The predicted octanol–water partition coefficient (Wildman–Crippen LogP) is 4.54. The number of amides is 3. The number of rotatable bonds is 7. The van der Waals surface area contributed by atoms with Crippen molar-refractivity contribution in [2.24, 2.45) is 0 Å². The summed E-state index contributed by atoms with van der Waals surface area (Å²) < 4.78 is 0. The predicted molar refractivity (Wildman–Crippen MR) is 140 cm³/mol. The summed E-state index contributed by atoms with van der Waals surface area (Å²) in [5.41, 5.74) is 1.95. The van der Waals surface area contributed by atoms with Crippen molar-refractivity contribution < 1.29 is 9.59 Å². The molecule has 186 valence electrons. The van der Waals surface area contributed by atoms with Crippen molar-refractivity contribution in [2.45, 2.75) is 57.8 Å². The van der Waals surface area contributed by atoms with Gasteiger partial charge in [-0.05, 0) is 44.2 Å². The third kappa shape index (κ3) is 5.23. The number of nitrogens with zero attached hydrogens (tertiary/aromatic N) is 5. The van der Waals surface area contributed by atoms with Crippen molar-refractivity contribution >= 4 is 40.2 Å². The van der Waals surface area contributed by atoms with Crippen LogP contribution in [0.1, 0.15) is 41.7 Å². The number of carbonyl (C=O) groups excluding carboxylic acids is 2. The van der Waals surface area contributed by atoms with Crippen molar-refractivity contribution in [3.63, 3.8) is 0 Å². The molecule has 1 aliphatic heterocycles. The van der Waals surface area contributed by atoms with Gasteiger partial charge in [-0.3, -0.25) is 15.0 Å². The number of anilines is 3. The highest BCUT2D eigenvalue weighted by Crippen LogP contribution is 2.35. The molecule has 3 heterocycles. The zero-order valence-corrected chi connectivity index (χ0v) is 21.0. The second-order valence-corrected chi connectivity index (χ2v) is 10.4. The fourth-order valence-corrected chi connectivity index (χ4v) is 5.51. The first-order chi connectivity index (χ1) is 17.5. The molecule has 2 aliphatic rings. The molecule has 3 aromatic rings. The minimum atomic E-state index is -0.190. The molecule has 2 aromatic heterocycles. The molecule has 1 fully saturated rings. The van der Waals surface area contributed by atoms with Crippen LogP contribution in [-0.4, -0.2) is 43.9 Å². The van der Waals surface area contributed by atoms with E-state index < -0.39 is 0 Å². The molecule has 0 spiro atoms. The molecule has 9 nitrogen and oxygen atoms in total. The van der Waals surface area contributed by atoms with Crippen LogP contribution < -0.4 is 15.5 Å². The number of urea groups is 1. The van der Waals surface area contributed by atoms with Crippen LogP contribution in [0.4, 0.5) is 21.7 Å². The molecule has 1 saturated carbocycles. The lowest BCUT2D eigenvalue weighted by molar-refractivity contribution is -0.117. The van der Waals surface area contributed by atoms with Crippen molar-refractivity contribution in [1.29, 1.82) is 0 Å². The second kappa shape index (κ2) is 10.4. The summed E-state index contributed by atoms with van der Waals surface area (Å²) in [4.78, 5) is 44.2. The maximum absolute atomic E-state index is 13.9. The van der Waals surface area contributed by atoms with Crippen LogP contribution in [0.5, 0.6) is 0 Å². The Hall–Kier alpha value is -3.79. The molecule has 2 N–H and O–H groups in total. The maximum Gasteiger partial charge on any atom is 0.326 e. The summed E-state index contributed by atoms with van der Waals surface area (Å²) >= 11 is 1.52. The Kier molecular flexibility index (Phi) is 6.95. The van der Waals surface area contributed by atoms with Crippen LogP contribution in [0.25, 0.3) is 0 Å². The first-order valence-corrected chi connectivity index (χ1v) is 12.9. The number of aryl methyl sites for hydroxylation is 1. The number of aromatic nitrogens is 3. The Morgan fingerprint density at radius 1 is 1.22 bits per heavy atom. The van der Waals surface area contributed by atoms with Crippen LogP contribution in [0.2, 0.25) is 0 Å². The summed E-state index contributed by atoms with van der Waals surface area (Å²) in [5, 5.41) is 6.89. The molecular weight excluding hydrogens is 474 g/mol. The Balaban J connectivity index is 1.46. The molecule has 1 aliphatic carbocycles. The Morgan fingerprint density at radius 3 is 2.81 bits per heavy atom. The Bertz CT molecular complexity index is 1260. The van der Waals surface area contributed by atoms with E-state index >= 15 is 0 Å². The Morgan fingerprint density at radius 2 is 2.06 bits per heavy atom. The fraction of sp³-hybridized carbons (Fsp3) is 0.346. The van der Waals surface area contributed by atoms with Crippen molar-refractivity contribution in [1.82, 2.24) is 25.2 Å². The van der Waals surface area contributed by atoms with E-state index in [-0.39, 0.29) is 24.0 Å². The molecule has 5 rings (SSSR count). The van der Waals surface area contributed by atoms with Gasteiger partial charge in [0.2, 0.25) is 11.9 Å². The van der Waals surface area contributed by atoms with E-state index in [1.165, 1.54) is 17.4 Å². The van der Waals surface area contributed by atoms with Gasteiger partial charge in [0.25, 0.3) is 0 Å². The molecule has 2 atom stereocenters. The van der Waals surface area contributed by atoms with Gasteiger partial charge in [-0.1, -0.05) is 36.9 Å². The van der Waals surface area contributed by atoms with Gasteiger partial charge in [0.1, 0.15) is 5.82 Å². The minimum absolute atomic E-state index is 0.0206. The topological polar surface area (TPSA) is 103 Å². The van der Waals surface area contributed by atoms with Crippen LogP contribution in [0.15, 0.2) is 55.4 Å². The average molecular weight is 504 g/mol. The summed E-state index contributed by atoms with van der Waals surface area (Å²) in [6.07, 6.45) is 8.15. The van der Waals surface area contributed by atoms with E-state index in [0.29, 0.717) is 36.4 Å². The number of fused-ring (bicyclic) bond motifs is 1. The fourth-order valence-electron chi connectivity index (χ4n) is 4.85. The molecule has 0 bridgehead atoms. The molecule has 10 heteroatoms. The number of thiazole rings is 1. The van der Waals surface area contributed by atoms with Crippen molar-refractivity contribution in [3.8, 4) is 0 Å². The van der Waals surface area contributed by atoms with Gasteiger partial charge in [0.15, 0.2) is 5.13 Å². The van der Waals surface area contributed by atoms with Crippen LogP contribution in [-0.2, 0) is 17.9 Å². The number of nitrogens with one attached hydrogen (secondary N) is 2. The first kappa shape index (κ1) is 23.9. The highest BCUT2D eigenvalue weighted by molar-refractivity contribution is 7.15. The highest BCUT2D eigenvalue weighted by Gasteiger charge is 2.39. The van der Waals surface area contributed by atoms with Gasteiger partial charge < -0.3 is 10.2 Å². The number of benzene rings is 1. The van der Waals surface area contributed by atoms with Gasteiger partial charge in [-0.15, -0.1) is 11.3 Å². The molecule has 3 amide bonds. The lowest BCUT2D eigenvalue weighted by Crippen LogP contribution is -2.54. The molecule has 1 aromatic carbocycles. The van der Waals surface area contributed by atoms with Crippen molar-refractivity contribution in [3.05, 3.63) is 71.4 Å². The van der Waals surface area contributed by atoms with Crippen LogP contribution >= 0.6 is 11.3 Å². The van der Waals surface area contributed by atoms with Gasteiger partial charge >= 0.3 is 6.03 Å². The minimum Gasteiger partial charge on any atom is -0.350 e. The van der Waals surface area contributed by atoms with Crippen LogP contribution in [0, 0.1) is 6.92 Å². The van der Waals surface area contributed by atoms with E-state index in [0.717, 1.165) is 35.3 Å². The summed E-state index contributed by atoms with van der Waals surface area (Å²) in [6, 6.07) is 9.77.